The molecule has 0 saturated heterocycles. The quantitative estimate of drug-likeness (QED) is 0.431. The lowest BCUT2D eigenvalue weighted by Gasteiger charge is -2.11. The molecule has 8 nitrogen and oxygen atoms in total. The van der Waals surface area contributed by atoms with Crippen LogP contribution < -0.4 is 18.9 Å². The third kappa shape index (κ3) is 3.47. The number of carbonyl (C=O) groups excluding carboxylic acids is 1. The SMILES string of the molecule is COc1ccc(C(=O)c2cc(OC)c(OC)cc2[N+](=O)[O-])cc1OC. The zero-order chi connectivity index (χ0) is 18.6. The van der Waals surface area contributed by atoms with Crippen molar-refractivity contribution in [1.82, 2.24) is 0 Å². The largest absolute Gasteiger partial charge is 0.493 e. The van der Waals surface area contributed by atoms with Crippen molar-refractivity contribution in [2.45, 2.75) is 0 Å². The highest BCUT2D eigenvalue weighted by atomic mass is 16.6. The number of methoxy groups -OCH3 is 4. The van der Waals surface area contributed by atoms with Crippen LogP contribution in [0, 0.1) is 10.1 Å². The topological polar surface area (TPSA) is 97.1 Å². The minimum absolute atomic E-state index is 0.116. The number of nitro benzene ring substituents is 1. The highest BCUT2D eigenvalue weighted by molar-refractivity contribution is 6.12. The van der Waals surface area contributed by atoms with Gasteiger partial charge in [0.2, 0.25) is 0 Å². The summed E-state index contributed by atoms with van der Waals surface area (Å²) in [6, 6.07) is 6.97. The molecule has 0 aliphatic rings. The van der Waals surface area contributed by atoms with Gasteiger partial charge in [-0.3, -0.25) is 14.9 Å². The maximum absolute atomic E-state index is 12.8. The van der Waals surface area contributed by atoms with Crippen molar-refractivity contribution in [3.05, 3.63) is 51.6 Å². The molecule has 0 aromatic heterocycles. The maximum Gasteiger partial charge on any atom is 0.284 e. The van der Waals surface area contributed by atoms with Gasteiger partial charge in [0.25, 0.3) is 5.69 Å². The Morgan fingerprint density at radius 3 is 1.88 bits per heavy atom. The third-order valence-electron chi connectivity index (χ3n) is 3.59. The first-order valence-electron chi connectivity index (χ1n) is 7.14. The predicted octanol–water partition coefficient (Wildman–Crippen LogP) is 2.86. The van der Waals surface area contributed by atoms with Gasteiger partial charge in [-0.25, -0.2) is 0 Å². The highest BCUT2D eigenvalue weighted by Gasteiger charge is 2.26. The molecule has 2 rings (SSSR count). The Bertz CT molecular complexity index is 817. The first kappa shape index (κ1) is 18.1. The molecule has 0 amide bonds. The summed E-state index contributed by atoms with van der Waals surface area (Å²) in [6.07, 6.45) is 0. The number of nitrogens with zero attached hydrogens (tertiary/aromatic N) is 1. The lowest BCUT2D eigenvalue weighted by molar-refractivity contribution is -0.385. The lowest BCUT2D eigenvalue weighted by atomic mass is 10.0. The van der Waals surface area contributed by atoms with Crippen molar-refractivity contribution in [3.8, 4) is 23.0 Å². The van der Waals surface area contributed by atoms with Crippen LogP contribution >= 0.6 is 0 Å². The molecule has 0 spiro atoms. The molecule has 0 radical (unpaired) electrons. The van der Waals surface area contributed by atoms with E-state index < -0.39 is 10.7 Å². The first-order valence-corrected chi connectivity index (χ1v) is 7.14. The molecular weight excluding hydrogens is 330 g/mol. The molecule has 2 aromatic rings. The zero-order valence-electron chi connectivity index (χ0n) is 14.2. The molecule has 0 unspecified atom stereocenters. The summed E-state index contributed by atoms with van der Waals surface area (Å²) in [6.45, 7) is 0. The fourth-order valence-corrected chi connectivity index (χ4v) is 2.33. The normalized spacial score (nSPS) is 10.1. The fourth-order valence-electron chi connectivity index (χ4n) is 2.33. The van der Waals surface area contributed by atoms with Crippen LogP contribution in [-0.4, -0.2) is 39.1 Å². The van der Waals surface area contributed by atoms with E-state index in [-0.39, 0.29) is 28.3 Å². The molecule has 0 N–H and O–H groups in total. The Hall–Kier alpha value is -3.29. The van der Waals surface area contributed by atoms with Gasteiger partial charge in [0, 0.05) is 11.6 Å². The van der Waals surface area contributed by atoms with E-state index in [1.807, 2.05) is 0 Å². The number of rotatable bonds is 7. The maximum atomic E-state index is 12.8. The molecule has 8 heteroatoms. The van der Waals surface area contributed by atoms with Crippen LogP contribution in [0.15, 0.2) is 30.3 Å². The van der Waals surface area contributed by atoms with Gasteiger partial charge in [-0.15, -0.1) is 0 Å². The van der Waals surface area contributed by atoms with Gasteiger partial charge in [-0.05, 0) is 18.2 Å². The number of hydrogen-bond donors (Lipinski definition) is 0. The molecule has 0 aliphatic heterocycles. The summed E-state index contributed by atoms with van der Waals surface area (Å²) in [4.78, 5) is 23.5. The van der Waals surface area contributed by atoms with Crippen molar-refractivity contribution < 1.29 is 28.7 Å². The van der Waals surface area contributed by atoms with Gasteiger partial charge < -0.3 is 18.9 Å². The van der Waals surface area contributed by atoms with E-state index in [0.717, 1.165) is 6.07 Å². The molecule has 0 saturated carbocycles. The summed E-state index contributed by atoms with van der Waals surface area (Å²) in [5.74, 6) is 0.626. The summed E-state index contributed by atoms with van der Waals surface area (Å²) in [5.41, 5.74) is -0.278. The average molecular weight is 347 g/mol. The number of ketones is 1. The molecule has 25 heavy (non-hydrogen) atoms. The lowest BCUT2D eigenvalue weighted by Crippen LogP contribution is -2.07. The van der Waals surface area contributed by atoms with Crippen LogP contribution in [0.2, 0.25) is 0 Å². The minimum atomic E-state index is -0.643. The Kier molecular flexibility index (Phi) is 5.43. The number of benzene rings is 2. The van der Waals surface area contributed by atoms with E-state index in [0.29, 0.717) is 11.5 Å². The van der Waals surface area contributed by atoms with E-state index in [1.165, 1.54) is 46.6 Å². The van der Waals surface area contributed by atoms with Crippen LogP contribution in [0.5, 0.6) is 23.0 Å². The summed E-state index contributed by atoms with van der Waals surface area (Å²) >= 11 is 0. The van der Waals surface area contributed by atoms with Crippen molar-refractivity contribution in [2.24, 2.45) is 0 Å². The Balaban J connectivity index is 2.60. The molecule has 132 valence electrons. The van der Waals surface area contributed by atoms with E-state index >= 15 is 0 Å². The summed E-state index contributed by atoms with van der Waals surface area (Å²) in [7, 11) is 5.65. The van der Waals surface area contributed by atoms with Crippen LogP contribution in [0.3, 0.4) is 0 Å². The van der Waals surface area contributed by atoms with E-state index in [9.17, 15) is 14.9 Å². The first-order chi connectivity index (χ1) is 12.0. The van der Waals surface area contributed by atoms with Crippen molar-refractivity contribution >= 4 is 11.5 Å². The van der Waals surface area contributed by atoms with Crippen LogP contribution in [0.1, 0.15) is 15.9 Å². The van der Waals surface area contributed by atoms with E-state index in [1.54, 1.807) is 6.07 Å². The van der Waals surface area contributed by atoms with Gasteiger partial charge in [0.15, 0.2) is 28.8 Å². The molecule has 0 bridgehead atoms. The number of hydrogen-bond acceptors (Lipinski definition) is 7. The Morgan fingerprint density at radius 1 is 0.840 bits per heavy atom. The molecule has 0 fully saturated rings. The zero-order valence-corrected chi connectivity index (χ0v) is 14.2. The second kappa shape index (κ2) is 7.52. The highest BCUT2D eigenvalue weighted by Crippen LogP contribution is 2.36. The van der Waals surface area contributed by atoms with Crippen molar-refractivity contribution in [3.63, 3.8) is 0 Å². The average Bonchev–Trinajstić information content (AvgIpc) is 2.65. The fraction of sp³-hybridized carbons (Fsp3) is 0.235. The smallest absolute Gasteiger partial charge is 0.284 e. The van der Waals surface area contributed by atoms with Crippen LogP contribution in [-0.2, 0) is 0 Å². The number of ether oxygens (including phenoxy) is 4. The monoisotopic (exact) mass is 347 g/mol. The summed E-state index contributed by atoms with van der Waals surface area (Å²) in [5, 5.41) is 11.4. The molecular formula is C17H17NO7. The van der Waals surface area contributed by atoms with Crippen molar-refractivity contribution in [1.29, 1.82) is 0 Å². The van der Waals surface area contributed by atoms with E-state index in [4.69, 9.17) is 18.9 Å². The molecule has 0 aliphatic carbocycles. The van der Waals surface area contributed by atoms with Crippen LogP contribution in [0.4, 0.5) is 5.69 Å². The predicted molar refractivity (Wildman–Crippen MR) is 89.2 cm³/mol. The van der Waals surface area contributed by atoms with Gasteiger partial charge in [-0.1, -0.05) is 0 Å². The molecule has 2 aromatic carbocycles. The number of carbonyl (C=O) groups is 1. The number of nitro groups is 1. The Morgan fingerprint density at radius 2 is 1.36 bits per heavy atom. The minimum Gasteiger partial charge on any atom is -0.493 e. The standard InChI is InChI=1S/C17H17NO7/c1-22-13-6-5-10(7-14(13)23-2)17(19)11-8-15(24-3)16(25-4)9-12(11)18(20)21/h5-9H,1-4H3. The third-order valence-corrected chi connectivity index (χ3v) is 3.59. The van der Waals surface area contributed by atoms with Gasteiger partial charge in [-0.2, -0.15) is 0 Å². The molecule has 0 atom stereocenters. The van der Waals surface area contributed by atoms with Gasteiger partial charge >= 0.3 is 0 Å². The second-order valence-electron chi connectivity index (χ2n) is 4.88. The summed E-state index contributed by atoms with van der Waals surface area (Å²) < 4.78 is 20.5. The second-order valence-corrected chi connectivity index (χ2v) is 4.88. The molecule has 0 heterocycles. The van der Waals surface area contributed by atoms with Crippen molar-refractivity contribution in [2.75, 3.05) is 28.4 Å². The van der Waals surface area contributed by atoms with E-state index in [2.05, 4.69) is 0 Å². The van der Waals surface area contributed by atoms with Crippen LogP contribution in [0.25, 0.3) is 0 Å². The van der Waals surface area contributed by atoms with Gasteiger partial charge in [0.1, 0.15) is 5.56 Å². The Labute approximate surface area is 144 Å². The van der Waals surface area contributed by atoms with Gasteiger partial charge in [0.05, 0.1) is 39.4 Å².